The van der Waals surface area contributed by atoms with Crippen molar-refractivity contribution in [1.82, 2.24) is 15.5 Å². The highest BCUT2D eigenvalue weighted by molar-refractivity contribution is 5.91. The topological polar surface area (TPSA) is 76.1 Å². The van der Waals surface area contributed by atoms with Gasteiger partial charge in [0.15, 0.2) is 5.69 Å². The van der Waals surface area contributed by atoms with Crippen LogP contribution in [0, 0.1) is 0 Å². The Morgan fingerprint density at radius 3 is 2.83 bits per heavy atom. The fourth-order valence-corrected chi connectivity index (χ4v) is 2.22. The van der Waals surface area contributed by atoms with Gasteiger partial charge in [-0.2, -0.15) is 0 Å². The number of ether oxygens (including phenoxy) is 1. The average molecular weight is 250 g/mol. The maximum absolute atomic E-state index is 11.3. The molecule has 0 radical (unpaired) electrons. The molecule has 18 heavy (non-hydrogen) atoms. The van der Waals surface area contributed by atoms with Gasteiger partial charge in [0, 0.05) is 14.2 Å². The summed E-state index contributed by atoms with van der Waals surface area (Å²) in [5.41, 5.74) is 0.317. The first-order chi connectivity index (χ1) is 8.74. The van der Waals surface area contributed by atoms with Gasteiger partial charge >= 0.3 is 0 Å². The van der Waals surface area contributed by atoms with Crippen LogP contribution in [0.5, 0.6) is 0 Å². The van der Waals surface area contributed by atoms with Crippen LogP contribution in [-0.4, -0.2) is 42.4 Å². The molecule has 1 saturated carbocycles. The normalized spacial score (nSPS) is 22.8. The van der Waals surface area contributed by atoms with Gasteiger partial charge in [-0.15, -0.1) is 10.2 Å². The van der Waals surface area contributed by atoms with Crippen LogP contribution in [0.25, 0.3) is 0 Å². The lowest BCUT2D eigenvalue weighted by atomic mass is 10.2. The molecule has 1 amide bonds. The zero-order valence-corrected chi connectivity index (χ0v) is 10.6. The number of nitrogens with zero attached hydrogens (tertiary/aromatic N) is 2. The molecule has 0 aromatic carbocycles. The third kappa shape index (κ3) is 2.76. The van der Waals surface area contributed by atoms with Crippen LogP contribution < -0.4 is 10.6 Å². The minimum absolute atomic E-state index is 0.227. The molecule has 1 aromatic heterocycles. The summed E-state index contributed by atoms with van der Waals surface area (Å²) >= 11 is 0. The number of hydrogen-bond acceptors (Lipinski definition) is 5. The van der Waals surface area contributed by atoms with E-state index in [1.165, 1.54) is 0 Å². The highest BCUT2D eigenvalue weighted by Gasteiger charge is 2.27. The molecule has 6 heteroatoms. The van der Waals surface area contributed by atoms with Crippen LogP contribution >= 0.6 is 0 Å². The van der Waals surface area contributed by atoms with E-state index in [4.69, 9.17) is 4.74 Å². The first-order valence-electron chi connectivity index (χ1n) is 6.09. The smallest absolute Gasteiger partial charge is 0.271 e. The van der Waals surface area contributed by atoms with Crippen molar-refractivity contribution in [3.63, 3.8) is 0 Å². The molecular formula is C12H18N4O2. The summed E-state index contributed by atoms with van der Waals surface area (Å²) in [5.74, 6) is 0.446. The molecule has 0 spiro atoms. The third-order valence-electron chi connectivity index (χ3n) is 3.21. The Morgan fingerprint density at radius 2 is 2.22 bits per heavy atom. The molecule has 0 saturated heterocycles. The summed E-state index contributed by atoms with van der Waals surface area (Å²) in [6.07, 6.45) is 3.51. The molecule has 2 rings (SSSR count). The Morgan fingerprint density at radius 1 is 1.39 bits per heavy atom. The van der Waals surface area contributed by atoms with Crippen LogP contribution in [0.3, 0.4) is 0 Å². The Bertz CT molecular complexity index is 407. The third-order valence-corrected chi connectivity index (χ3v) is 3.21. The van der Waals surface area contributed by atoms with Gasteiger partial charge in [0.25, 0.3) is 5.91 Å². The molecule has 0 aliphatic heterocycles. The van der Waals surface area contributed by atoms with Gasteiger partial charge in [-0.3, -0.25) is 4.79 Å². The van der Waals surface area contributed by atoms with E-state index in [-0.39, 0.29) is 18.1 Å². The second-order valence-electron chi connectivity index (χ2n) is 4.34. The number of anilines is 1. The van der Waals surface area contributed by atoms with E-state index >= 15 is 0 Å². The van der Waals surface area contributed by atoms with Gasteiger partial charge in [0.05, 0.1) is 12.1 Å². The molecule has 1 heterocycles. The summed E-state index contributed by atoms with van der Waals surface area (Å²) in [7, 11) is 3.29. The number of nitrogens with one attached hydrogen (secondary N) is 2. The molecule has 1 aromatic rings. The summed E-state index contributed by atoms with van der Waals surface area (Å²) in [6.45, 7) is 0. The predicted molar refractivity (Wildman–Crippen MR) is 67.5 cm³/mol. The first kappa shape index (κ1) is 12.8. The van der Waals surface area contributed by atoms with Crippen molar-refractivity contribution in [2.45, 2.75) is 31.4 Å². The van der Waals surface area contributed by atoms with E-state index in [2.05, 4.69) is 20.8 Å². The maximum Gasteiger partial charge on any atom is 0.271 e. The molecule has 98 valence electrons. The molecule has 1 aliphatic rings. The molecule has 1 fully saturated rings. The van der Waals surface area contributed by atoms with Crippen molar-refractivity contribution in [3.8, 4) is 0 Å². The van der Waals surface area contributed by atoms with Gasteiger partial charge < -0.3 is 15.4 Å². The number of hydrogen-bond donors (Lipinski definition) is 2. The number of carbonyl (C=O) groups excluding carboxylic acids is 1. The van der Waals surface area contributed by atoms with E-state index < -0.39 is 0 Å². The average Bonchev–Trinajstić information content (AvgIpc) is 2.86. The van der Waals surface area contributed by atoms with Crippen molar-refractivity contribution < 1.29 is 9.53 Å². The van der Waals surface area contributed by atoms with Crippen LogP contribution in [0.15, 0.2) is 12.1 Å². The predicted octanol–water partition coefficient (Wildman–Crippen LogP) is 0.816. The Kier molecular flexibility index (Phi) is 4.09. The number of rotatable bonds is 4. The van der Waals surface area contributed by atoms with E-state index in [9.17, 15) is 4.79 Å². The van der Waals surface area contributed by atoms with Gasteiger partial charge in [-0.05, 0) is 31.4 Å². The van der Waals surface area contributed by atoms with E-state index in [0.717, 1.165) is 19.3 Å². The monoisotopic (exact) mass is 250 g/mol. The van der Waals surface area contributed by atoms with Crippen molar-refractivity contribution in [2.75, 3.05) is 19.5 Å². The number of aromatic nitrogens is 2. The summed E-state index contributed by atoms with van der Waals surface area (Å²) < 4.78 is 5.40. The quantitative estimate of drug-likeness (QED) is 0.827. The van der Waals surface area contributed by atoms with Crippen molar-refractivity contribution >= 4 is 11.7 Å². The van der Waals surface area contributed by atoms with Gasteiger partial charge in [-0.1, -0.05) is 0 Å². The van der Waals surface area contributed by atoms with Gasteiger partial charge in [-0.25, -0.2) is 0 Å². The molecule has 2 atom stereocenters. The van der Waals surface area contributed by atoms with Crippen molar-refractivity contribution in [3.05, 3.63) is 17.8 Å². The SMILES string of the molecule is CNC(=O)c1ccc(NC2CCCC2OC)nn1. The van der Waals surface area contributed by atoms with Crippen LogP contribution in [-0.2, 0) is 4.74 Å². The van der Waals surface area contributed by atoms with Crippen LogP contribution in [0.2, 0.25) is 0 Å². The minimum Gasteiger partial charge on any atom is -0.379 e. The number of carbonyl (C=O) groups is 1. The lowest BCUT2D eigenvalue weighted by Crippen LogP contribution is -2.30. The highest BCUT2D eigenvalue weighted by atomic mass is 16.5. The molecule has 1 aliphatic carbocycles. The molecule has 2 unspecified atom stereocenters. The maximum atomic E-state index is 11.3. The second kappa shape index (κ2) is 5.77. The van der Waals surface area contributed by atoms with E-state index in [0.29, 0.717) is 11.5 Å². The van der Waals surface area contributed by atoms with E-state index in [1.807, 2.05) is 0 Å². The lowest BCUT2D eigenvalue weighted by molar-refractivity contribution is 0.0956. The summed E-state index contributed by atoms with van der Waals surface area (Å²) in [4.78, 5) is 11.3. The lowest BCUT2D eigenvalue weighted by Gasteiger charge is -2.19. The standard InChI is InChI=1S/C12H18N4O2/c1-13-12(17)9-6-7-11(16-15-9)14-8-4-3-5-10(8)18-2/h6-8,10H,3-5H2,1-2H3,(H,13,17)(H,14,16). The van der Waals surface area contributed by atoms with Gasteiger partial charge in [0.2, 0.25) is 0 Å². The number of methoxy groups -OCH3 is 1. The van der Waals surface area contributed by atoms with E-state index in [1.54, 1.807) is 26.3 Å². The molecule has 2 N–H and O–H groups in total. The zero-order chi connectivity index (χ0) is 13.0. The minimum atomic E-state index is -0.232. The summed E-state index contributed by atoms with van der Waals surface area (Å²) in [6, 6.07) is 3.70. The second-order valence-corrected chi connectivity index (χ2v) is 4.34. The first-order valence-corrected chi connectivity index (χ1v) is 6.09. The van der Waals surface area contributed by atoms with Crippen LogP contribution in [0.1, 0.15) is 29.8 Å². The fourth-order valence-electron chi connectivity index (χ4n) is 2.22. The highest BCUT2D eigenvalue weighted by Crippen LogP contribution is 2.24. The number of amides is 1. The molecule has 6 nitrogen and oxygen atoms in total. The Balaban J connectivity index is 2.00. The van der Waals surface area contributed by atoms with Crippen molar-refractivity contribution in [1.29, 1.82) is 0 Å². The molecule has 0 bridgehead atoms. The van der Waals surface area contributed by atoms with Gasteiger partial charge in [0.1, 0.15) is 5.82 Å². The largest absolute Gasteiger partial charge is 0.379 e. The fraction of sp³-hybridized carbons (Fsp3) is 0.583. The Hall–Kier alpha value is -1.69. The summed E-state index contributed by atoms with van der Waals surface area (Å²) in [5, 5.41) is 13.7. The zero-order valence-electron chi connectivity index (χ0n) is 10.6. The Labute approximate surface area is 106 Å². The molecular weight excluding hydrogens is 232 g/mol. The van der Waals surface area contributed by atoms with Crippen molar-refractivity contribution in [2.24, 2.45) is 0 Å². The van der Waals surface area contributed by atoms with Crippen LogP contribution in [0.4, 0.5) is 5.82 Å².